The zero-order chi connectivity index (χ0) is 20.3. The van der Waals surface area contributed by atoms with E-state index in [0.29, 0.717) is 22.8 Å². The molecular weight excluding hydrogens is 378 g/mol. The van der Waals surface area contributed by atoms with Gasteiger partial charge in [-0.1, -0.05) is 0 Å². The number of carbonyl (C=O) groups is 1. The first kappa shape index (κ1) is 17.7. The highest BCUT2D eigenvalue weighted by atomic mass is 16.7. The Morgan fingerprint density at radius 3 is 2.34 bits per heavy atom. The lowest BCUT2D eigenvalue weighted by Crippen LogP contribution is -2.36. The van der Waals surface area contributed by atoms with Gasteiger partial charge in [0.25, 0.3) is 0 Å². The molecule has 1 aliphatic carbocycles. The van der Waals surface area contributed by atoms with E-state index in [1.165, 1.54) is 14.2 Å². The molecule has 2 aromatic rings. The van der Waals surface area contributed by atoms with Crippen LogP contribution in [0.3, 0.4) is 0 Å². The molecule has 0 saturated carbocycles. The molecule has 8 heteroatoms. The minimum atomic E-state index is -0.561. The van der Waals surface area contributed by atoms with Crippen molar-refractivity contribution in [3.05, 3.63) is 41.0 Å². The summed E-state index contributed by atoms with van der Waals surface area (Å²) in [6.07, 6.45) is 0. The van der Waals surface area contributed by atoms with Crippen molar-refractivity contribution in [1.29, 1.82) is 5.41 Å². The molecule has 3 aliphatic rings. The van der Waals surface area contributed by atoms with Crippen molar-refractivity contribution in [2.75, 3.05) is 27.6 Å². The highest BCUT2D eigenvalue weighted by molar-refractivity contribution is 6.07. The molecule has 0 bridgehead atoms. The fourth-order valence-electron chi connectivity index (χ4n) is 4.49. The van der Waals surface area contributed by atoms with E-state index < -0.39 is 11.8 Å². The van der Waals surface area contributed by atoms with Crippen LogP contribution in [0.2, 0.25) is 0 Å². The van der Waals surface area contributed by atoms with Crippen LogP contribution in [0, 0.1) is 17.2 Å². The average Bonchev–Trinajstić information content (AvgIpc) is 3.34. The third-order valence-electron chi connectivity index (χ3n) is 5.87. The molecule has 0 amide bonds. The molecule has 8 nitrogen and oxygen atoms in total. The van der Waals surface area contributed by atoms with Crippen molar-refractivity contribution in [1.82, 2.24) is 0 Å². The summed E-state index contributed by atoms with van der Waals surface area (Å²) in [5.74, 6) is -0.174. The number of methoxy groups -OCH3 is 2. The standard InChI is InChI=1S/C21H19NO7/c1-25-15-3-9(4-16(26-2)20(15)23)17-10-5-13-14(29-8-28-13)6-11(10)19(22)12-7-27-21(24)18(12)17/h3-6,12,17-18,22-23H,7-8H2,1-2H3/t12-,17+,18-/m0/s1. The fourth-order valence-corrected chi connectivity index (χ4v) is 4.49. The largest absolute Gasteiger partial charge is 0.502 e. The summed E-state index contributed by atoms with van der Waals surface area (Å²) in [4.78, 5) is 12.7. The molecule has 5 rings (SSSR count). The number of hydrogen-bond acceptors (Lipinski definition) is 8. The third kappa shape index (κ3) is 2.45. The summed E-state index contributed by atoms with van der Waals surface area (Å²) >= 11 is 0. The fraction of sp³-hybridized carbons (Fsp3) is 0.333. The van der Waals surface area contributed by atoms with Crippen LogP contribution in [0.1, 0.15) is 22.6 Å². The highest BCUT2D eigenvalue weighted by Crippen LogP contribution is 2.52. The molecule has 0 radical (unpaired) electrons. The number of ether oxygens (including phenoxy) is 5. The van der Waals surface area contributed by atoms with Crippen LogP contribution in [-0.4, -0.2) is 44.4 Å². The van der Waals surface area contributed by atoms with Crippen LogP contribution in [0.25, 0.3) is 0 Å². The average molecular weight is 397 g/mol. The first-order chi connectivity index (χ1) is 14.0. The van der Waals surface area contributed by atoms with Crippen molar-refractivity contribution in [3.8, 4) is 28.7 Å². The Balaban J connectivity index is 1.76. The van der Waals surface area contributed by atoms with Gasteiger partial charge in [0.15, 0.2) is 23.0 Å². The summed E-state index contributed by atoms with van der Waals surface area (Å²) < 4.78 is 27.0. The second-order valence-corrected chi connectivity index (χ2v) is 7.22. The molecular formula is C21H19NO7. The van der Waals surface area contributed by atoms with Crippen molar-refractivity contribution in [2.24, 2.45) is 11.8 Å². The molecule has 1 saturated heterocycles. The lowest BCUT2D eigenvalue weighted by Gasteiger charge is -2.34. The van der Waals surface area contributed by atoms with Gasteiger partial charge in [-0.15, -0.1) is 0 Å². The quantitative estimate of drug-likeness (QED) is 0.766. The van der Waals surface area contributed by atoms with Gasteiger partial charge in [-0.3, -0.25) is 4.79 Å². The second kappa shape index (κ2) is 6.30. The number of benzene rings is 2. The molecule has 0 spiro atoms. The predicted molar refractivity (Wildman–Crippen MR) is 100 cm³/mol. The maximum atomic E-state index is 12.7. The molecule has 2 heterocycles. The molecule has 2 aliphatic heterocycles. The Morgan fingerprint density at radius 1 is 1.03 bits per heavy atom. The van der Waals surface area contributed by atoms with Gasteiger partial charge in [-0.25, -0.2) is 0 Å². The van der Waals surface area contributed by atoms with E-state index in [1.54, 1.807) is 18.2 Å². The van der Waals surface area contributed by atoms with Gasteiger partial charge < -0.3 is 34.2 Å². The van der Waals surface area contributed by atoms with Gasteiger partial charge in [-0.2, -0.15) is 0 Å². The lowest BCUT2D eigenvalue weighted by atomic mass is 9.66. The molecule has 2 N–H and O–H groups in total. The summed E-state index contributed by atoms with van der Waals surface area (Å²) in [6, 6.07) is 6.99. The van der Waals surface area contributed by atoms with E-state index in [9.17, 15) is 9.90 Å². The summed E-state index contributed by atoms with van der Waals surface area (Å²) in [5, 5.41) is 19.0. The van der Waals surface area contributed by atoms with E-state index in [2.05, 4.69) is 0 Å². The number of rotatable bonds is 3. The van der Waals surface area contributed by atoms with Gasteiger partial charge in [0.1, 0.15) is 6.61 Å². The summed E-state index contributed by atoms with van der Waals surface area (Å²) in [5.41, 5.74) is 2.54. The number of fused-ring (bicyclic) bond motifs is 3. The van der Waals surface area contributed by atoms with Crippen LogP contribution in [0.5, 0.6) is 28.7 Å². The summed E-state index contributed by atoms with van der Waals surface area (Å²) in [7, 11) is 2.90. The SMILES string of the molecule is COc1cc([C@@H]2c3cc4c(cc3C(=N)[C@H]3COC(=O)[C@H]23)OCO4)cc(OC)c1O. The molecule has 29 heavy (non-hydrogen) atoms. The zero-order valence-corrected chi connectivity index (χ0v) is 15.9. The predicted octanol–water partition coefficient (Wildman–Crippen LogP) is 2.44. The molecule has 0 unspecified atom stereocenters. The van der Waals surface area contributed by atoms with Crippen molar-refractivity contribution < 1.29 is 33.6 Å². The van der Waals surface area contributed by atoms with Crippen LogP contribution in [0.15, 0.2) is 24.3 Å². The van der Waals surface area contributed by atoms with Gasteiger partial charge in [0.2, 0.25) is 12.5 Å². The number of phenolic OH excluding ortho intramolecular Hbond substituents is 1. The molecule has 2 aromatic carbocycles. The van der Waals surface area contributed by atoms with Crippen molar-refractivity contribution in [2.45, 2.75) is 5.92 Å². The number of cyclic esters (lactones) is 1. The van der Waals surface area contributed by atoms with Crippen molar-refractivity contribution in [3.63, 3.8) is 0 Å². The minimum absolute atomic E-state index is 0.112. The Hall–Kier alpha value is -3.42. The van der Waals surface area contributed by atoms with Crippen LogP contribution in [0.4, 0.5) is 0 Å². The van der Waals surface area contributed by atoms with Gasteiger partial charge in [-0.05, 0) is 35.4 Å². The van der Waals surface area contributed by atoms with E-state index >= 15 is 0 Å². The van der Waals surface area contributed by atoms with Gasteiger partial charge >= 0.3 is 5.97 Å². The lowest BCUT2D eigenvalue weighted by molar-refractivity contribution is -0.141. The molecule has 3 atom stereocenters. The number of nitrogens with one attached hydrogen (secondary N) is 1. The molecule has 150 valence electrons. The normalized spacial score (nSPS) is 24.0. The molecule has 1 fully saturated rings. The number of esters is 1. The minimum Gasteiger partial charge on any atom is -0.502 e. The topological polar surface area (TPSA) is 107 Å². The van der Waals surface area contributed by atoms with Crippen molar-refractivity contribution >= 4 is 11.7 Å². The second-order valence-electron chi connectivity index (χ2n) is 7.22. The van der Waals surface area contributed by atoms with E-state index in [-0.39, 0.29) is 42.5 Å². The Morgan fingerprint density at radius 2 is 1.69 bits per heavy atom. The van der Waals surface area contributed by atoms with E-state index in [1.807, 2.05) is 6.07 Å². The van der Waals surface area contributed by atoms with Gasteiger partial charge in [0.05, 0.1) is 20.1 Å². The van der Waals surface area contributed by atoms with E-state index in [0.717, 1.165) is 11.1 Å². The van der Waals surface area contributed by atoms with Crippen LogP contribution >= 0.6 is 0 Å². The Bertz CT molecular complexity index is 1020. The first-order valence-electron chi connectivity index (χ1n) is 9.17. The maximum Gasteiger partial charge on any atom is 0.310 e. The highest BCUT2D eigenvalue weighted by Gasteiger charge is 2.50. The summed E-state index contributed by atoms with van der Waals surface area (Å²) in [6.45, 7) is 0.283. The first-order valence-corrected chi connectivity index (χ1v) is 9.17. The number of phenols is 1. The smallest absolute Gasteiger partial charge is 0.310 e. The molecule has 0 aromatic heterocycles. The number of carbonyl (C=O) groups excluding carboxylic acids is 1. The van der Waals surface area contributed by atoms with Crippen LogP contribution in [-0.2, 0) is 9.53 Å². The third-order valence-corrected chi connectivity index (χ3v) is 5.87. The number of aromatic hydroxyl groups is 1. The van der Waals surface area contributed by atoms with E-state index in [4.69, 9.17) is 29.1 Å². The van der Waals surface area contributed by atoms with Crippen LogP contribution < -0.4 is 18.9 Å². The zero-order valence-electron chi connectivity index (χ0n) is 15.9. The monoisotopic (exact) mass is 397 g/mol. The maximum absolute atomic E-state index is 12.7. The number of hydrogen-bond donors (Lipinski definition) is 2. The Labute approximate surface area is 166 Å². The Kier molecular flexibility index (Phi) is 3.84. The van der Waals surface area contributed by atoms with Gasteiger partial charge in [0, 0.05) is 23.1 Å².